The molecule has 0 spiro atoms. The highest BCUT2D eigenvalue weighted by Crippen LogP contribution is 2.25. The summed E-state index contributed by atoms with van der Waals surface area (Å²) in [5.41, 5.74) is 2.74. The number of halogens is 2. The van der Waals surface area contributed by atoms with Gasteiger partial charge in [0.2, 0.25) is 0 Å². The van der Waals surface area contributed by atoms with Crippen molar-refractivity contribution >= 4 is 9.24 Å². The van der Waals surface area contributed by atoms with Gasteiger partial charge in [0.25, 0.3) is 0 Å². The maximum atomic E-state index is 13.7. The van der Waals surface area contributed by atoms with Gasteiger partial charge in [-0.1, -0.05) is 31.2 Å². The zero-order valence-corrected chi connectivity index (χ0v) is 11.4. The first-order valence-electron chi connectivity index (χ1n) is 5.93. The standard InChI is InChI=1S/C15H15F2P/c1-2-13-14(16)7-12(8-15(13)17)11-5-3-10(9-18)4-6-11/h3-8H,2,9,18H2,1H3. The average molecular weight is 264 g/mol. The molecule has 1 atom stereocenters. The summed E-state index contributed by atoms with van der Waals surface area (Å²) >= 11 is 0. The van der Waals surface area contributed by atoms with Crippen LogP contribution in [-0.4, -0.2) is 0 Å². The quantitative estimate of drug-likeness (QED) is 0.712. The van der Waals surface area contributed by atoms with Crippen LogP contribution in [0.2, 0.25) is 0 Å². The van der Waals surface area contributed by atoms with E-state index in [0.717, 1.165) is 11.7 Å². The van der Waals surface area contributed by atoms with E-state index < -0.39 is 11.6 Å². The van der Waals surface area contributed by atoms with Crippen molar-refractivity contribution in [1.82, 2.24) is 0 Å². The Morgan fingerprint density at radius 1 is 0.944 bits per heavy atom. The Bertz CT molecular complexity index is 524. The lowest BCUT2D eigenvalue weighted by molar-refractivity contribution is 0.560. The average Bonchev–Trinajstić information content (AvgIpc) is 2.38. The van der Waals surface area contributed by atoms with Crippen molar-refractivity contribution in [2.45, 2.75) is 19.5 Å². The van der Waals surface area contributed by atoms with Crippen LogP contribution >= 0.6 is 9.24 Å². The van der Waals surface area contributed by atoms with E-state index in [2.05, 4.69) is 9.24 Å². The molecule has 0 N–H and O–H groups in total. The summed E-state index contributed by atoms with van der Waals surface area (Å²) in [6.07, 6.45) is 1.24. The molecule has 0 aliphatic carbocycles. The first-order chi connectivity index (χ1) is 8.65. The highest BCUT2D eigenvalue weighted by atomic mass is 31.0. The number of hydrogen-bond acceptors (Lipinski definition) is 0. The lowest BCUT2D eigenvalue weighted by Crippen LogP contribution is -1.94. The van der Waals surface area contributed by atoms with Gasteiger partial charge in [0.1, 0.15) is 11.6 Å². The fraction of sp³-hybridized carbons (Fsp3) is 0.200. The molecule has 2 aromatic rings. The molecule has 0 aromatic heterocycles. The third-order valence-corrected chi connectivity index (χ3v) is 3.49. The minimum absolute atomic E-state index is 0.153. The molecule has 2 aromatic carbocycles. The van der Waals surface area contributed by atoms with E-state index >= 15 is 0 Å². The van der Waals surface area contributed by atoms with Gasteiger partial charge in [-0.25, -0.2) is 8.78 Å². The molecule has 18 heavy (non-hydrogen) atoms. The van der Waals surface area contributed by atoms with E-state index in [0.29, 0.717) is 12.0 Å². The molecule has 1 unspecified atom stereocenters. The number of hydrogen-bond donors (Lipinski definition) is 0. The molecule has 0 radical (unpaired) electrons. The Morgan fingerprint density at radius 3 is 1.94 bits per heavy atom. The van der Waals surface area contributed by atoms with Crippen LogP contribution in [0.5, 0.6) is 0 Å². The van der Waals surface area contributed by atoms with Crippen molar-refractivity contribution in [2.75, 3.05) is 0 Å². The molecule has 0 heterocycles. The highest BCUT2D eigenvalue weighted by Gasteiger charge is 2.10. The predicted octanol–water partition coefficient (Wildman–Crippen LogP) is 4.57. The van der Waals surface area contributed by atoms with Crippen LogP contribution < -0.4 is 0 Å². The monoisotopic (exact) mass is 264 g/mol. The van der Waals surface area contributed by atoms with Gasteiger partial charge < -0.3 is 0 Å². The predicted molar refractivity (Wildman–Crippen MR) is 74.6 cm³/mol. The van der Waals surface area contributed by atoms with Crippen LogP contribution in [-0.2, 0) is 12.6 Å². The molecule has 0 saturated heterocycles. The van der Waals surface area contributed by atoms with Crippen molar-refractivity contribution in [3.05, 3.63) is 59.2 Å². The molecule has 0 aliphatic heterocycles. The van der Waals surface area contributed by atoms with E-state index in [1.807, 2.05) is 24.3 Å². The fourth-order valence-electron chi connectivity index (χ4n) is 1.94. The van der Waals surface area contributed by atoms with Crippen molar-refractivity contribution in [3.8, 4) is 11.1 Å². The van der Waals surface area contributed by atoms with Crippen molar-refractivity contribution in [3.63, 3.8) is 0 Å². The van der Waals surface area contributed by atoms with E-state index in [4.69, 9.17) is 0 Å². The summed E-state index contributed by atoms with van der Waals surface area (Å²) in [7, 11) is 2.65. The smallest absolute Gasteiger partial charge is 0.129 e. The summed E-state index contributed by atoms with van der Waals surface area (Å²) in [5.74, 6) is -0.940. The van der Waals surface area contributed by atoms with Gasteiger partial charge in [-0.15, -0.1) is 9.24 Å². The Hall–Kier alpha value is -1.27. The number of rotatable bonds is 3. The second kappa shape index (κ2) is 5.58. The molecule has 3 heteroatoms. The van der Waals surface area contributed by atoms with Crippen LogP contribution in [0, 0.1) is 11.6 Å². The molecule has 0 nitrogen and oxygen atoms in total. The molecule has 0 fully saturated rings. The van der Waals surface area contributed by atoms with Gasteiger partial charge in [-0.2, -0.15) is 0 Å². The lowest BCUT2D eigenvalue weighted by Gasteiger charge is -2.07. The topological polar surface area (TPSA) is 0 Å². The highest BCUT2D eigenvalue weighted by molar-refractivity contribution is 7.15. The van der Waals surface area contributed by atoms with Crippen LogP contribution in [0.15, 0.2) is 36.4 Å². The van der Waals surface area contributed by atoms with Gasteiger partial charge in [0.15, 0.2) is 0 Å². The molecular weight excluding hydrogens is 249 g/mol. The number of benzene rings is 2. The van der Waals surface area contributed by atoms with Gasteiger partial charge in [0, 0.05) is 5.56 Å². The van der Waals surface area contributed by atoms with Crippen LogP contribution in [0.4, 0.5) is 8.78 Å². The van der Waals surface area contributed by atoms with Gasteiger partial charge in [-0.05, 0) is 41.4 Å². The minimum Gasteiger partial charge on any atom is -0.207 e. The molecule has 0 bridgehead atoms. The second-order valence-electron chi connectivity index (χ2n) is 4.17. The van der Waals surface area contributed by atoms with Crippen LogP contribution in [0.1, 0.15) is 18.1 Å². The maximum absolute atomic E-state index is 13.7. The summed E-state index contributed by atoms with van der Waals surface area (Å²) < 4.78 is 27.4. The summed E-state index contributed by atoms with van der Waals surface area (Å²) in [6, 6.07) is 10.5. The van der Waals surface area contributed by atoms with Gasteiger partial charge in [-0.3, -0.25) is 0 Å². The zero-order chi connectivity index (χ0) is 13.1. The van der Waals surface area contributed by atoms with Gasteiger partial charge >= 0.3 is 0 Å². The fourth-order valence-corrected chi connectivity index (χ4v) is 2.21. The summed E-state index contributed by atoms with van der Waals surface area (Å²) in [4.78, 5) is 0. The molecule has 2 rings (SSSR count). The normalized spacial score (nSPS) is 10.7. The van der Waals surface area contributed by atoms with Crippen molar-refractivity contribution in [2.24, 2.45) is 0 Å². The Balaban J connectivity index is 2.44. The first-order valence-corrected chi connectivity index (χ1v) is 6.74. The minimum atomic E-state index is -0.470. The maximum Gasteiger partial charge on any atom is 0.129 e. The van der Waals surface area contributed by atoms with E-state index in [1.54, 1.807) is 6.92 Å². The summed E-state index contributed by atoms with van der Waals surface area (Å²) in [5, 5.41) is 0. The first kappa shape index (κ1) is 13.2. The van der Waals surface area contributed by atoms with E-state index in [9.17, 15) is 8.78 Å². The lowest BCUT2D eigenvalue weighted by atomic mass is 10.0. The van der Waals surface area contributed by atoms with Crippen LogP contribution in [0.3, 0.4) is 0 Å². The summed E-state index contributed by atoms with van der Waals surface area (Å²) in [6.45, 7) is 1.74. The Kier molecular flexibility index (Phi) is 4.08. The van der Waals surface area contributed by atoms with Gasteiger partial charge in [0.05, 0.1) is 0 Å². The second-order valence-corrected chi connectivity index (χ2v) is 4.58. The SMILES string of the molecule is CCc1c(F)cc(-c2ccc(CP)cc2)cc1F. The Morgan fingerprint density at radius 2 is 1.50 bits per heavy atom. The molecule has 94 valence electrons. The van der Waals surface area contributed by atoms with E-state index in [-0.39, 0.29) is 5.56 Å². The van der Waals surface area contributed by atoms with Crippen molar-refractivity contribution in [1.29, 1.82) is 0 Å². The zero-order valence-electron chi connectivity index (χ0n) is 10.2. The third kappa shape index (κ3) is 2.59. The molecular formula is C15H15F2P. The van der Waals surface area contributed by atoms with Crippen molar-refractivity contribution < 1.29 is 8.78 Å². The van der Waals surface area contributed by atoms with Crippen LogP contribution in [0.25, 0.3) is 11.1 Å². The van der Waals surface area contributed by atoms with E-state index in [1.165, 1.54) is 17.7 Å². The molecule has 0 aliphatic rings. The third-order valence-electron chi connectivity index (χ3n) is 3.02. The molecule has 0 amide bonds. The largest absolute Gasteiger partial charge is 0.207 e. The molecule has 0 saturated carbocycles. The Labute approximate surface area is 108 Å².